The third-order valence-corrected chi connectivity index (χ3v) is 4.19. The second-order valence-corrected chi connectivity index (χ2v) is 6.56. The Balaban J connectivity index is 1.87. The molecular weight excluding hydrogens is 356 g/mol. The molecule has 2 heterocycles. The molecule has 1 aliphatic rings. The number of aromatic nitrogens is 1. The molecule has 0 spiro atoms. The molecule has 8 nitrogen and oxygen atoms in total. The molecule has 0 bridgehead atoms. The van der Waals surface area contributed by atoms with E-state index in [0.29, 0.717) is 10.7 Å². The van der Waals surface area contributed by atoms with Gasteiger partial charge in [-0.25, -0.2) is 9.98 Å². The number of halogens is 1. The van der Waals surface area contributed by atoms with Crippen molar-refractivity contribution in [2.75, 3.05) is 11.1 Å². The SMILES string of the molecule is CC1(c2cccc(NC(=O)c3ncc(Cl)cc3N)c2)CC(=O)NC(N)=N1. The normalized spacial score (nSPS) is 19.5. The molecule has 0 radical (unpaired) electrons. The van der Waals surface area contributed by atoms with Crippen molar-refractivity contribution in [1.82, 2.24) is 10.3 Å². The summed E-state index contributed by atoms with van der Waals surface area (Å²) in [6.07, 6.45) is 1.50. The number of amides is 2. The largest absolute Gasteiger partial charge is 0.397 e. The van der Waals surface area contributed by atoms with Gasteiger partial charge in [0, 0.05) is 11.9 Å². The number of carbonyl (C=O) groups excluding carboxylic acids is 2. The van der Waals surface area contributed by atoms with Crippen LogP contribution in [0.4, 0.5) is 11.4 Å². The number of aliphatic imine (C=N–C) groups is 1. The Hall–Kier alpha value is -3.13. The van der Waals surface area contributed by atoms with Crippen LogP contribution in [0.5, 0.6) is 0 Å². The maximum Gasteiger partial charge on any atom is 0.276 e. The highest BCUT2D eigenvalue weighted by Gasteiger charge is 2.33. The molecule has 2 aromatic rings. The topological polar surface area (TPSA) is 135 Å². The van der Waals surface area contributed by atoms with E-state index in [1.54, 1.807) is 25.1 Å². The summed E-state index contributed by atoms with van der Waals surface area (Å²) in [6, 6.07) is 8.48. The summed E-state index contributed by atoms with van der Waals surface area (Å²) in [7, 11) is 0. The molecular formula is C17H17ClN6O2. The first kappa shape index (κ1) is 17.7. The van der Waals surface area contributed by atoms with Crippen molar-refractivity contribution >= 4 is 40.7 Å². The van der Waals surface area contributed by atoms with Crippen molar-refractivity contribution in [3.8, 4) is 0 Å². The minimum atomic E-state index is -0.815. The first-order chi connectivity index (χ1) is 12.3. The van der Waals surface area contributed by atoms with Gasteiger partial charge in [0.15, 0.2) is 11.7 Å². The maximum absolute atomic E-state index is 12.4. The standard InChI is InChI=1S/C17H17ClN6O2/c1-17(7-13(25)23-16(20)24-17)9-3-2-4-11(5-9)22-15(26)14-12(19)6-10(18)8-21-14/h2-6,8H,7,19H2,1H3,(H,22,26)(H3,20,23,24,25). The van der Waals surface area contributed by atoms with Gasteiger partial charge in [-0.2, -0.15) is 0 Å². The number of nitrogens with two attached hydrogens (primary N) is 2. The molecule has 1 unspecified atom stereocenters. The molecule has 1 aromatic heterocycles. The Morgan fingerprint density at radius 2 is 2.12 bits per heavy atom. The Labute approximate surface area is 154 Å². The van der Waals surface area contributed by atoms with Gasteiger partial charge < -0.3 is 16.8 Å². The monoisotopic (exact) mass is 372 g/mol. The lowest BCUT2D eigenvalue weighted by atomic mass is 9.87. The van der Waals surface area contributed by atoms with Crippen LogP contribution in [0.2, 0.25) is 5.02 Å². The van der Waals surface area contributed by atoms with E-state index in [1.807, 2.05) is 6.07 Å². The fraction of sp³-hybridized carbons (Fsp3) is 0.176. The van der Waals surface area contributed by atoms with E-state index in [-0.39, 0.29) is 29.7 Å². The van der Waals surface area contributed by atoms with Crippen LogP contribution >= 0.6 is 11.6 Å². The minimum absolute atomic E-state index is 0.0660. The van der Waals surface area contributed by atoms with Gasteiger partial charge in [-0.1, -0.05) is 23.7 Å². The molecule has 0 saturated carbocycles. The molecule has 134 valence electrons. The van der Waals surface area contributed by atoms with Gasteiger partial charge in [0.25, 0.3) is 5.91 Å². The van der Waals surface area contributed by atoms with Gasteiger partial charge in [0.1, 0.15) is 0 Å². The number of rotatable bonds is 3. The molecule has 6 N–H and O–H groups in total. The highest BCUT2D eigenvalue weighted by molar-refractivity contribution is 6.30. The Kier molecular flexibility index (Phi) is 4.52. The van der Waals surface area contributed by atoms with Crippen LogP contribution in [0.1, 0.15) is 29.4 Å². The Morgan fingerprint density at radius 3 is 2.81 bits per heavy atom. The zero-order valence-corrected chi connectivity index (χ0v) is 14.7. The number of anilines is 2. The van der Waals surface area contributed by atoms with Crippen LogP contribution in [0.3, 0.4) is 0 Å². The number of guanidine groups is 1. The summed E-state index contributed by atoms with van der Waals surface area (Å²) < 4.78 is 0. The van der Waals surface area contributed by atoms with E-state index in [9.17, 15) is 9.59 Å². The number of hydrogen-bond donors (Lipinski definition) is 4. The highest BCUT2D eigenvalue weighted by atomic mass is 35.5. The van der Waals surface area contributed by atoms with Crippen molar-refractivity contribution in [2.45, 2.75) is 18.9 Å². The number of benzene rings is 1. The zero-order chi connectivity index (χ0) is 18.9. The lowest BCUT2D eigenvalue weighted by molar-refractivity contribution is -0.121. The quantitative estimate of drug-likeness (QED) is 0.649. The van der Waals surface area contributed by atoms with E-state index < -0.39 is 11.4 Å². The number of carbonyl (C=O) groups is 2. The number of pyridine rings is 1. The van der Waals surface area contributed by atoms with Gasteiger partial charge in [0.2, 0.25) is 5.91 Å². The fourth-order valence-corrected chi connectivity index (χ4v) is 2.93. The smallest absolute Gasteiger partial charge is 0.276 e. The first-order valence-electron chi connectivity index (χ1n) is 7.75. The summed E-state index contributed by atoms with van der Waals surface area (Å²) in [5.41, 5.74) is 12.2. The van der Waals surface area contributed by atoms with Crippen LogP contribution < -0.4 is 22.1 Å². The predicted molar refractivity (Wildman–Crippen MR) is 99.8 cm³/mol. The van der Waals surface area contributed by atoms with Crippen molar-refractivity contribution < 1.29 is 9.59 Å². The molecule has 1 atom stereocenters. The third kappa shape index (κ3) is 3.60. The average Bonchev–Trinajstić information content (AvgIpc) is 2.53. The van der Waals surface area contributed by atoms with Crippen molar-refractivity contribution in [2.24, 2.45) is 10.7 Å². The van der Waals surface area contributed by atoms with Gasteiger partial charge in [-0.05, 0) is 30.7 Å². The van der Waals surface area contributed by atoms with Crippen LogP contribution in [0.15, 0.2) is 41.5 Å². The van der Waals surface area contributed by atoms with Gasteiger partial charge in [-0.15, -0.1) is 0 Å². The average molecular weight is 373 g/mol. The molecule has 26 heavy (non-hydrogen) atoms. The predicted octanol–water partition coefficient (Wildman–Crippen LogP) is 1.62. The van der Waals surface area contributed by atoms with Crippen molar-refractivity contribution in [1.29, 1.82) is 0 Å². The summed E-state index contributed by atoms with van der Waals surface area (Å²) in [5, 5.41) is 5.55. The Morgan fingerprint density at radius 1 is 1.35 bits per heavy atom. The fourth-order valence-electron chi connectivity index (χ4n) is 2.77. The number of nitrogen functional groups attached to an aromatic ring is 1. The van der Waals surface area contributed by atoms with Gasteiger partial charge >= 0.3 is 0 Å². The van der Waals surface area contributed by atoms with Crippen LogP contribution in [0, 0.1) is 0 Å². The second kappa shape index (κ2) is 6.64. The summed E-state index contributed by atoms with van der Waals surface area (Å²) in [6.45, 7) is 1.80. The van der Waals surface area contributed by atoms with Gasteiger partial charge in [0.05, 0.1) is 22.7 Å². The van der Waals surface area contributed by atoms with Gasteiger partial charge in [-0.3, -0.25) is 14.9 Å². The van der Waals surface area contributed by atoms with E-state index in [4.69, 9.17) is 23.1 Å². The summed E-state index contributed by atoms with van der Waals surface area (Å²) in [5.74, 6) is -0.616. The van der Waals surface area contributed by atoms with E-state index in [2.05, 4.69) is 20.6 Å². The molecule has 0 aliphatic carbocycles. The van der Waals surface area contributed by atoms with Crippen LogP contribution in [-0.2, 0) is 10.3 Å². The molecule has 0 fully saturated rings. The second-order valence-electron chi connectivity index (χ2n) is 6.12. The molecule has 1 aliphatic heterocycles. The van der Waals surface area contributed by atoms with Crippen molar-refractivity contribution in [3.63, 3.8) is 0 Å². The molecule has 9 heteroatoms. The third-order valence-electron chi connectivity index (χ3n) is 3.98. The van der Waals surface area contributed by atoms with E-state index in [1.165, 1.54) is 12.3 Å². The molecule has 2 amide bonds. The summed E-state index contributed by atoms with van der Waals surface area (Å²) in [4.78, 5) is 32.5. The van der Waals surface area contributed by atoms with Crippen LogP contribution in [-0.4, -0.2) is 22.8 Å². The lowest BCUT2D eigenvalue weighted by Crippen LogP contribution is -2.46. The molecule has 0 saturated heterocycles. The van der Waals surface area contributed by atoms with Crippen molar-refractivity contribution in [3.05, 3.63) is 52.8 Å². The highest BCUT2D eigenvalue weighted by Crippen LogP contribution is 2.32. The number of hydrogen-bond acceptors (Lipinski definition) is 6. The number of nitrogens with zero attached hydrogens (tertiary/aromatic N) is 2. The van der Waals surface area contributed by atoms with E-state index in [0.717, 1.165) is 5.56 Å². The first-order valence-corrected chi connectivity index (χ1v) is 8.13. The Bertz CT molecular complexity index is 929. The lowest BCUT2D eigenvalue weighted by Gasteiger charge is -2.29. The van der Waals surface area contributed by atoms with Crippen LogP contribution in [0.25, 0.3) is 0 Å². The number of nitrogens with one attached hydrogen (secondary N) is 2. The zero-order valence-electron chi connectivity index (χ0n) is 13.9. The maximum atomic E-state index is 12.4. The minimum Gasteiger partial charge on any atom is -0.397 e. The van der Waals surface area contributed by atoms with E-state index >= 15 is 0 Å². The summed E-state index contributed by atoms with van der Waals surface area (Å²) >= 11 is 5.80. The molecule has 1 aromatic carbocycles. The molecule has 3 rings (SSSR count).